The Morgan fingerprint density at radius 1 is 0.950 bits per heavy atom. The summed E-state index contributed by atoms with van der Waals surface area (Å²) in [6.07, 6.45) is 0.304. The van der Waals surface area contributed by atoms with Gasteiger partial charge in [-0.1, -0.05) is 17.7 Å². The molecule has 0 N–H and O–H groups in total. The van der Waals surface area contributed by atoms with E-state index in [2.05, 4.69) is 5.10 Å². The number of imide groups is 1. The second-order valence-electron chi connectivity index (χ2n) is 10.8. The van der Waals surface area contributed by atoms with Crippen molar-refractivity contribution < 1.29 is 41.8 Å². The number of ether oxygens (including phenoxy) is 3. The molecule has 0 aliphatic heterocycles. The summed E-state index contributed by atoms with van der Waals surface area (Å²) >= 11 is 0. The van der Waals surface area contributed by atoms with Crippen molar-refractivity contribution in [3.63, 3.8) is 0 Å². The number of esters is 1. The summed E-state index contributed by atoms with van der Waals surface area (Å²) in [7, 11) is -3.59. The Bertz CT molecular complexity index is 1310. The van der Waals surface area contributed by atoms with Gasteiger partial charge >= 0.3 is 18.2 Å². The monoisotopic (exact) mass is 580 g/mol. The van der Waals surface area contributed by atoms with Crippen LogP contribution in [-0.4, -0.2) is 82.4 Å². The number of hydrogen-bond donors (Lipinski definition) is 0. The summed E-state index contributed by atoms with van der Waals surface area (Å²) in [6.45, 7) is 9.43. The molecule has 0 aliphatic carbocycles. The van der Waals surface area contributed by atoms with Crippen LogP contribution in [0.1, 0.15) is 47.1 Å². The summed E-state index contributed by atoms with van der Waals surface area (Å²) in [5, 5.41) is 4.00. The number of hydrogen-bond acceptors (Lipinski definition) is 10. The molecule has 13 nitrogen and oxygen atoms in total. The van der Waals surface area contributed by atoms with Crippen LogP contribution in [0.4, 0.5) is 9.59 Å². The van der Waals surface area contributed by atoms with Gasteiger partial charge in [-0.2, -0.15) is 9.40 Å². The van der Waals surface area contributed by atoms with Gasteiger partial charge in [-0.3, -0.25) is 9.48 Å². The lowest BCUT2D eigenvalue weighted by Crippen LogP contribution is -2.56. The first-order valence-corrected chi connectivity index (χ1v) is 13.7. The molecule has 220 valence electrons. The van der Waals surface area contributed by atoms with E-state index in [4.69, 9.17) is 14.2 Å². The summed E-state index contributed by atoms with van der Waals surface area (Å²) in [6, 6.07) is 5.53. The van der Waals surface area contributed by atoms with Crippen LogP contribution >= 0.6 is 0 Å². The highest BCUT2D eigenvalue weighted by Crippen LogP contribution is 2.22. The molecule has 1 unspecified atom stereocenters. The van der Waals surface area contributed by atoms with Crippen molar-refractivity contribution >= 4 is 34.1 Å². The SMILES string of the molecule is COC(=O)C(Cn1cccn1)N(C(=O)CN(C(=O)OC(C)(C)C)S(=O)(=O)c1ccc(C)cc1)C(=O)OC(C)(C)C. The third-order valence-corrected chi connectivity index (χ3v) is 6.77. The molecule has 0 aliphatic rings. The fourth-order valence-corrected chi connectivity index (χ4v) is 4.54. The number of nitrogens with zero attached hydrogens (tertiary/aromatic N) is 4. The van der Waals surface area contributed by atoms with Crippen molar-refractivity contribution in [3.05, 3.63) is 48.3 Å². The molecular weight excluding hydrogens is 544 g/mol. The highest BCUT2D eigenvalue weighted by atomic mass is 32.2. The third-order valence-electron chi connectivity index (χ3n) is 5.05. The van der Waals surface area contributed by atoms with E-state index in [9.17, 15) is 27.6 Å². The second kappa shape index (κ2) is 12.5. The van der Waals surface area contributed by atoms with E-state index in [1.165, 1.54) is 62.1 Å². The first-order valence-electron chi connectivity index (χ1n) is 12.3. The number of carbonyl (C=O) groups excluding carboxylic acids is 4. The van der Waals surface area contributed by atoms with E-state index >= 15 is 0 Å². The van der Waals surface area contributed by atoms with Gasteiger partial charge in [-0.15, -0.1) is 0 Å². The zero-order valence-corrected chi connectivity index (χ0v) is 24.7. The largest absolute Gasteiger partial charge is 0.467 e. The van der Waals surface area contributed by atoms with Gasteiger partial charge in [0.1, 0.15) is 17.7 Å². The summed E-state index contributed by atoms with van der Waals surface area (Å²) in [5.74, 6) is -2.24. The molecule has 0 fully saturated rings. The van der Waals surface area contributed by atoms with E-state index in [1.54, 1.807) is 33.8 Å². The van der Waals surface area contributed by atoms with Crippen molar-refractivity contribution in [2.24, 2.45) is 0 Å². The Kier molecular flexibility index (Phi) is 10.1. The second-order valence-corrected chi connectivity index (χ2v) is 12.7. The number of methoxy groups -OCH3 is 1. The summed E-state index contributed by atoms with van der Waals surface area (Å²) < 4.78 is 44.1. The van der Waals surface area contributed by atoms with Crippen molar-refractivity contribution in [1.82, 2.24) is 19.0 Å². The van der Waals surface area contributed by atoms with Crippen LogP contribution in [0.15, 0.2) is 47.6 Å². The van der Waals surface area contributed by atoms with Crippen molar-refractivity contribution in [1.29, 1.82) is 0 Å². The molecule has 2 aromatic rings. The lowest BCUT2D eigenvalue weighted by Gasteiger charge is -2.32. The Morgan fingerprint density at radius 3 is 1.98 bits per heavy atom. The maximum Gasteiger partial charge on any atom is 0.424 e. The van der Waals surface area contributed by atoms with E-state index in [-0.39, 0.29) is 15.7 Å². The molecular formula is C26H36N4O9S. The Morgan fingerprint density at radius 2 is 1.50 bits per heavy atom. The topological polar surface area (TPSA) is 154 Å². The van der Waals surface area contributed by atoms with Crippen LogP contribution in [-0.2, 0) is 40.4 Å². The maximum absolute atomic E-state index is 13.7. The highest BCUT2D eigenvalue weighted by Gasteiger charge is 2.43. The van der Waals surface area contributed by atoms with Gasteiger partial charge < -0.3 is 14.2 Å². The Labute approximate surface area is 234 Å². The van der Waals surface area contributed by atoms with E-state index in [1.807, 2.05) is 0 Å². The van der Waals surface area contributed by atoms with Crippen LogP contribution in [0, 0.1) is 6.92 Å². The number of rotatable bonds is 8. The molecule has 0 radical (unpaired) electrons. The minimum Gasteiger partial charge on any atom is -0.467 e. The molecule has 2 rings (SSSR count). The Hall–Kier alpha value is -3.94. The van der Waals surface area contributed by atoms with Gasteiger partial charge in [0.25, 0.3) is 15.9 Å². The van der Waals surface area contributed by atoms with E-state index in [0.29, 0.717) is 4.90 Å². The lowest BCUT2D eigenvalue weighted by molar-refractivity contribution is -0.153. The standard InChI is InChI=1S/C26H36N4O9S/c1-18-10-12-19(13-11-18)40(35,36)29(23(33)38-25(2,3)4)17-21(31)30(24(34)39-26(5,6)7)20(22(32)37-8)16-28-15-9-14-27-28/h9-15,20H,16-17H2,1-8H3. The number of aryl methyl sites for hydroxylation is 1. The lowest BCUT2D eigenvalue weighted by atomic mass is 10.2. The first-order chi connectivity index (χ1) is 18.4. The van der Waals surface area contributed by atoms with Gasteiger partial charge in [-0.05, 0) is 66.7 Å². The number of sulfonamides is 1. The fourth-order valence-electron chi connectivity index (χ4n) is 3.29. The molecule has 1 aromatic heterocycles. The number of carbonyl (C=O) groups is 4. The van der Waals surface area contributed by atoms with Crippen molar-refractivity contribution in [2.75, 3.05) is 13.7 Å². The smallest absolute Gasteiger partial charge is 0.424 e. The normalized spacial score (nSPS) is 12.7. The van der Waals surface area contributed by atoms with Gasteiger partial charge in [0.15, 0.2) is 6.04 Å². The summed E-state index contributed by atoms with van der Waals surface area (Å²) in [5.41, 5.74) is -1.46. The summed E-state index contributed by atoms with van der Waals surface area (Å²) in [4.78, 5) is 53.2. The molecule has 14 heteroatoms. The van der Waals surface area contributed by atoms with Crippen molar-refractivity contribution in [2.45, 2.75) is 77.2 Å². The van der Waals surface area contributed by atoms with E-state index in [0.717, 1.165) is 12.7 Å². The molecule has 0 saturated heterocycles. The molecule has 1 heterocycles. The van der Waals surface area contributed by atoms with Crippen LogP contribution < -0.4 is 0 Å². The van der Waals surface area contributed by atoms with Gasteiger partial charge in [0, 0.05) is 12.4 Å². The number of amides is 3. The zero-order valence-electron chi connectivity index (χ0n) is 23.9. The molecule has 0 spiro atoms. The zero-order chi connectivity index (χ0) is 30.5. The number of benzene rings is 1. The van der Waals surface area contributed by atoms with Gasteiger partial charge in [-0.25, -0.2) is 27.7 Å². The number of aromatic nitrogens is 2. The molecule has 1 atom stereocenters. The van der Waals surface area contributed by atoms with Gasteiger partial charge in [0.05, 0.1) is 18.6 Å². The minimum absolute atomic E-state index is 0.213. The van der Waals surface area contributed by atoms with Gasteiger partial charge in [0.2, 0.25) is 0 Å². The average Bonchev–Trinajstić information content (AvgIpc) is 3.32. The molecule has 0 saturated carbocycles. The maximum atomic E-state index is 13.7. The molecule has 0 bridgehead atoms. The predicted octanol–water partition coefficient (Wildman–Crippen LogP) is 3.12. The average molecular weight is 581 g/mol. The molecule has 40 heavy (non-hydrogen) atoms. The molecule has 1 aromatic carbocycles. The highest BCUT2D eigenvalue weighted by molar-refractivity contribution is 7.89. The fraction of sp³-hybridized carbons (Fsp3) is 0.500. The molecule has 3 amide bonds. The Balaban J connectivity index is 2.61. The van der Waals surface area contributed by atoms with Crippen LogP contribution in [0.5, 0.6) is 0 Å². The minimum atomic E-state index is -4.65. The van der Waals surface area contributed by atoms with Crippen LogP contribution in [0.3, 0.4) is 0 Å². The van der Waals surface area contributed by atoms with Crippen LogP contribution in [0.2, 0.25) is 0 Å². The van der Waals surface area contributed by atoms with Crippen molar-refractivity contribution in [3.8, 4) is 0 Å². The predicted molar refractivity (Wildman–Crippen MR) is 142 cm³/mol. The quantitative estimate of drug-likeness (QED) is 0.336. The van der Waals surface area contributed by atoms with Crippen LogP contribution in [0.25, 0.3) is 0 Å². The van der Waals surface area contributed by atoms with E-state index < -0.39 is 57.9 Å². The third kappa shape index (κ3) is 8.79. The first kappa shape index (κ1) is 32.3.